The van der Waals surface area contributed by atoms with Crippen LogP contribution in [0.1, 0.15) is 52.7 Å². The lowest BCUT2D eigenvalue weighted by atomic mass is 9.80. The number of rotatable bonds is 6. The van der Waals surface area contributed by atoms with Crippen LogP contribution < -0.4 is 4.90 Å². The molecule has 2 heteroatoms. The van der Waals surface area contributed by atoms with Crippen LogP contribution >= 0.6 is 0 Å². The Morgan fingerprint density at radius 2 is 0.875 bits per heavy atom. The minimum atomic E-state index is -0.0672. The number of furan rings is 1. The van der Waals surface area contributed by atoms with Crippen molar-refractivity contribution in [3.05, 3.63) is 187 Å². The van der Waals surface area contributed by atoms with Crippen molar-refractivity contribution >= 4 is 49.8 Å². The molecule has 0 amide bonds. The maximum absolute atomic E-state index is 6.44. The molecule has 274 valence electrons. The van der Waals surface area contributed by atoms with Crippen molar-refractivity contribution in [2.24, 2.45) is 0 Å². The average molecular weight is 726 g/mol. The van der Waals surface area contributed by atoms with Gasteiger partial charge >= 0.3 is 0 Å². The summed E-state index contributed by atoms with van der Waals surface area (Å²) in [6, 6.07) is 64.1. The molecule has 0 bridgehead atoms. The van der Waals surface area contributed by atoms with E-state index in [9.17, 15) is 0 Å². The molecule has 1 aromatic heterocycles. The van der Waals surface area contributed by atoms with E-state index in [-0.39, 0.29) is 10.8 Å². The van der Waals surface area contributed by atoms with E-state index >= 15 is 0 Å². The van der Waals surface area contributed by atoms with Gasteiger partial charge in [0.1, 0.15) is 11.2 Å². The second-order valence-electron chi connectivity index (χ2n) is 17.0. The zero-order valence-electron chi connectivity index (χ0n) is 33.1. The first kappa shape index (κ1) is 35.3. The molecule has 0 saturated carbocycles. The Bertz CT molecular complexity index is 2840. The first-order chi connectivity index (χ1) is 27.1. The third-order valence-corrected chi connectivity index (χ3v) is 11.2. The van der Waals surface area contributed by atoms with E-state index in [0.29, 0.717) is 0 Å². The summed E-state index contributed by atoms with van der Waals surface area (Å²) in [4.78, 5) is 2.51. The predicted octanol–water partition coefficient (Wildman–Crippen LogP) is 15.8. The Labute approximate surface area is 330 Å². The molecule has 0 aliphatic carbocycles. The van der Waals surface area contributed by atoms with Crippen molar-refractivity contribution in [3.8, 4) is 33.4 Å². The van der Waals surface area contributed by atoms with Crippen LogP contribution in [0, 0.1) is 0 Å². The largest absolute Gasteiger partial charge is 0.456 e. The molecule has 0 atom stereocenters. The van der Waals surface area contributed by atoms with Crippen LogP contribution in [0.5, 0.6) is 0 Å². The number of para-hydroxylation sites is 3. The van der Waals surface area contributed by atoms with Gasteiger partial charge in [-0.3, -0.25) is 0 Å². The number of hydrogen-bond acceptors (Lipinski definition) is 2. The van der Waals surface area contributed by atoms with Crippen LogP contribution in [0.2, 0.25) is 0 Å². The first-order valence-corrected chi connectivity index (χ1v) is 19.7. The summed E-state index contributed by atoms with van der Waals surface area (Å²) in [6.45, 7) is 13.9. The maximum Gasteiger partial charge on any atom is 0.136 e. The van der Waals surface area contributed by atoms with Gasteiger partial charge in [-0.2, -0.15) is 0 Å². The van der Waals surface area contributed by atoms with Crippen molar-refractivity contribution in [2.75, 3.05) is 4.90 Å². The number of nitrogens with zero attached hydrogens (tertiary/aromatic N) is 1. The van der Waals surface area contributed by atoms with Gasteiger partial charge in [0.25, 0.3) is 0 Å². The van der Waals surface area contributed by atoms with Crippen molar-refractivity contribution in [2.45, 2.75) is 52.4 Å². The van der Waals surface area contributed by atoms with Crippen LogP contribution in [-0.2, 0) is 10.8 Å². The van der Waals surface area contributed by atoms with Gasteiger partial charge in [0.15, 0.2) is 0 Å². The molecule has 0 fully saturated rings. The van der Waals surface area contributed by atoms with Gasteiger partial charge < -0.3 is 9.32 Å². The van der Waals surface area contributed by atoms with Crippen molar-refractivity contribution in [1.29, 1.82) is 0 Å². The third kappa shape index (κ3) is 6.26. The second kappa shape index (κ2) is 13.7. The predicted molar refractivity (Wildman–Crippen MR) is 240 cm³/mol. The molecule has 0 radical (unpaired) electrons. The van der Waals surface area contributed by atoms with Gasteiger partial charge in [0.05, 0.1) is 11.4 Å². The van der Waals surface area contributed by atoms with Gasteiger partial charge in [-0.25, -0.2) is 0 Å². The Morgan fingerprint density at radius 1 is 0.393 bits per heavy atom. The fraction of sp³-hybridized carbons (Fsp3) is 0.148. The Balaban J connectivity index is 1.38. The summed E-state index contributed by atoms with van der Waals surface area (Å²) in [7, 11) is 0. The standard InChI is InChI=1S/C54H47NO/c1-53(2,3)38-33-39(54(4,5)6)35-40(34-38)55(48-30-14-11-24-43(48)45-28-18-32-50-52(45)46-25-12-15-31-49(46)56-50)47-29-13-10-23-42(47)44-27-17-22-37-21-16-26-41(51(37)44)36-19-8-7-9-20-36/h7-35H,1-6H3. The van der Waals surface area contributed by atoms with E-state index in [1.165, 1.54) is 44.2 Å². The first-order valence-electron chi connectivity index (χ1n) is 19.7. The van der Waals surface area contributed by atoms with Crippen LogP contribution in [0.25, 0.3) is 66.1 Å². The molecule has 9 aromatic rings. The fourth-order valence-electron chi connectivity index (χ4n) is 8.23. The van der Waals surface area contributed by atoms with E-state index in [1.54, 1.807) is 0 Å². The molecule has 0 N–H and O–H groups in total. The third-order valence-electron chi connectivity index (χ3n) is 11.2. The molecule has 0 unspecified atom stereocenters. The smallest absolute Gasteiger partial charge is 0.136 e. The molecule has 0 saturated heterocycles. The van der Waals surface area contributed by atoms with E-state index in [1.807, 2.05) is 6.07 Å². The van der Waals surface area contributed by atoms with Crippen LogP contribution in [-0.4, -0.2) is 0 Å². The number of anilines is 3. The summed E-state index contributed by atoms with van der Waals surface area (Å²) >= 11 is 0. The minimum Gasteiger partial charge on any atom is -0.456 e. The summed E-state index contributed by atoms with van der Waals surface area (Å²) in [5.74, 6) is 0. The number of hydrogen-bond donors (Lipinski definition) is 0. The Hall–Kier alpha value is -6.38. The molecule has 0 aliphatic rings. The van der Waals surface area contributed by atoms with Gasteiger partial charge in [-0.15, -0.1) is 0 Å². The van der Waals surface area contributed by atoms with Crippen molar-refractivity contribution in [1.82, 2.24) is 0 Å². The van der Waals surface area contributed by atoms with Gasteiger partial charge in [0, 0.05) is 27.6 Å². The highest BCUT2D eigenvalue weighted by molar-refractivity contribution is 6.14. The van der Waals surface area contributed by atoms with E-state index in [2.05, 4.69) is 216 Å². The molecule has 0 aliphatic heterocycles. The van der Waals surface area contributed by atoms with Crippen LogP contribution in [0.4, 0.5) is 17.1 Å². The summed E-state index contributed by atoms with van der Waals surface area (Å²) < 4.78 is 6.44. The van der Waals surface area contributed by atoms with E-state index in [4.69, 9.17) is 4.42 Å². The lowest BCUT2D eigenvalue weighted by molar-refractivity contribution is 0.569. The van der Waals surface area contributed by atoms with Crippen molar-refractivity contribution < 1.29 is 4.42 Å². The Morgan fingerprint density at radius 3 is 1.50 bits per heavy atom. The van der Waals surface area contributed by atoms with Gasteiger partial charge in [-0.05, 0) is 91.4 Å². The van der Waals surface area contributed by atoms with Gasteiger partial charge in [0.2, 0.25) is 0 Å². The summed E-state index contributed by atoms with van der Waals surface area (Å²) in [5, 5.41) is 4.71. The van der Waals surface area contributed by atoms with E-state index in [0.717, 1.165) is 50.1 Å². The average Bonchev–Trinajstić information content (AvgIpc) is 3.60. The van der Waals surface area contributed by atoms with Crippen LogP contribution in [0.3, 0.4) is 0 Å². The number of fused-ring (bicyclic) bond motifs is 4. The second-order valence-corrected chi connectivity index (χ2v) is 17.0. The van der Waals surface area contributed by atoms with Crippen LogP contribution in [0.15, 0.2) is 180 Å². The normalized spacial score (nSPS) is 12.1. The molecular weight excluding hydrogens is 679 g/mol. The molecule has 56 heavy (non-hydrogen) atoms. The monoisotopic (exact) mass is 725 g/mol. The molecular formula is C54H47NO. The lowest BCUT2D eigenvalue weighted by Gasteiger charge is -2.33. The topological polar surface area (TPSA) is 16.4 Å². The zero-order chi connectivity index (χ0) is 38.6. The zero-order valence-corrected chi connectivity index (χ0v) is 33.1. The number of benzene rings is 8. The molecule has 2 nitrogen and oxygen atoms in total. The quantitative estimate of drug-likeness (QED) is 0.170. The highest BCUT2D eigenvalue weighted by Gasteiger charge is 2.27. The summed E-state index contributed by atoms with van der Waals surface area (Å²) in [5.41, 5.74) is 14.7. The lowest BCUT2D eigenvalue weighted by Crippen LogP contribution is -2.19. The molecule has 0 spiro atoms. The van der Waals surface area contributed by atoms with Gasteiger partial charge in [-0.1, -0.05) is 181 Å². The van der Waals surface area contributed by atoms with Crippen molar-refractivity contribution in [3.63, 3.8) is 0 Å². The highest BCUT2D eigenvalue weighted by atomic mass is 16.3. The minimum absolute atomic E-state index is 0.0672. The van der Waals surface area contributed by atoms with E-state index < -0.39 is 0 Å². The molecule has 8 aromatic carbocycles. The molecule has 1 heterocycles. The molecule has 9 rings (SSSR count). The Kier molecular flexibility index (Phi) is 8.66. The fourth-order valence-corrected chi connectivity index (χ4v) is 8.23. The summed E-state index contributed by atoms with van der Waals surface area (Å²) in [6.07, 6.45) is 0. The SMILES string of the molecule is CC(C)(C)c1cc(N(c2ccccc2-c2cccc3cccc(-c4ccccc4)c23)c2ccccc2-c2cccc3oc4ccccc4c23)cc(C(C)(C)C)c1. The maximum atomic E-state index is 6.44. The highest BCUT2D eigenvalue weighted by Crippen LogP contribution is 2.49.